The summed E-state index contributed by atoms with van der Waals surface area (Å²) in [7, 11) is 0. The molecule has 4 rings (SSSR count). The van der Waals surface area contributed by atoms with Crippen LogP contribution in [0.2, 0.25) is 0 Å². The Balaban J connectivity index is 0.00000272. The second-order valence-corrected chi connectivity index (χ2v) is 8.64. The standard InChI is InChI=1S/C23H29N5OS.ClH/c1-17-7-6-9-19(21(17)24)23(29)25-11-4-5-12-27-13-15-28(16-14-27)22-18-8-2-3-10-20(18)30-26-22;/h2-3,6-10H,4-5,11-16,24H2,1H3,(H,25,29);1H. The summed E-state index contributed by atoms with van der Waals surface area (Å²) in [4.78, 5) is 17.2. The second kappa shape index (κ2) is 10.8. The Morgan fingerprint density at radius 2 is 1.87 bits per heavy atom. The lowest BCUT2D eigenvalue weighted by atomic mass is 10.1. The number of anilines is 2. The van der Waals surface area contributed by atoms with Crippen molar-refractivity contribution in [2.24, 2.45) is 0 Å². The highest BCUT2D eigenvalue weighted by molar-refractivity contribution is 7.13. The molecule has 1 fully saturated rings. The summed E-state index contributed by atoms with van der Waals surface area (Å²) in [6.45, 7) is 7.79. The third kappa shape index (κ3) is 5.47. The summed E-state index contributed by atoms with van der Waals surface area (Å²) >= 11 is 1.58. The Hall–Kier alpha value is -2.35. The molecule has 0 spiro atoms. The number of amides is 1. The number of nitrogens with zero attached hydrogens (tertiary/aromatic N) is 3. The minimum absolute atomic E-state index is 0. The zero-order valence-electron chi connectivity index (χ0n) is 17.8. The lowest BCUT2D eigenvalue weighted by Crippen LogP contribution is -2.46. The molecular weight excluding hydrogens is 430 g/mol. The monoisotopic (exact) mass is 459 g/mol. The van der Waals surface area contributed by atoms with E-state index >= 15 is 0 Å². The van der Waals surface area contributed by atoms with Gasteiger partial charge in [-0.05, 0) is 61.6 Å². The van der Waals surface area contributed by atoms with E-state index in [0.29, 0.717) is 17.8 Å². The van der Waals surface area contributed by atoms with Gasteiger partial charge in [-0.25, -0.2) is 0 Å². The van der Waals surface area contributed by atoms with Gasteiger partial charge in [-0.1, -0.05) is 24.3 Å². The summed E-state index contributed by atoms with van der Waals surface area (Å²) in [5, 5.41) is 4.26. The molecule has 0 radical (unpaired) electrons. The number of para-hydroxylation sites is 1. The Morgan fingerprint density at radius 1 is 1.10 bits per heavy atom. The van der Waals surface area contributed by atoms with E-state index in [1.807, 2.05) is 19.1 Å². The van der Waals surface area contributed by atoms with Crippen LogP contribution in [-0.2, 0) is 0 Å². The molecule has 0 unspecified atom stereocenters. The van der Waals surface area contributed by atoms with E-state index in [2.05, 4.69) is 43.8 Å². The van der Waals surface area contributed by atoms with E-state index in [0.717, 1.165) is 56.9 Å². The van der Waals surface area contributed by atoms with E-state index < -0.39 is 0 Å². The molecule has 0 bridgehead atoms. The van der Waals surface area contributed by atoms with Gasteiger partial charge >= 0.3 is 0 Å². The van der Waals surface area contributed by atoms with Crippen LogP contribution in [-0.4, -0.2) is 54.4 Å². The summed E-state index contributed by atoms with van der Waals surface area (Å²) in [6.07, 6.45) is 2.04. The Kier molecular flexibility index (Phi) is 8.12. The number of nitrogen functional groups attached to an aromatic ring is 1. The van der Waals surface area contributed by atoms with Gasteiger partial charge in [0.25, 0.3) is 5.91 Å². The minimum Gasteiger partial charge on any atom is -0.398 e. The average Bonchev–Trinajstić information content (AvgIpc) is 3.20. The SMILES string of the molecule is Cc1cccc(C(=O)NCCCCN2CCN(c3nsc4ccccc34)CC2)c1N.Cl. The van der Waals surface area contributed by atoms with Gasteiger partial charge in [0.05, 0.1) is 10.3 Å². The second-order valence-electron chi connectivity index (χ2n) is 7.83. The first-order valence-electron chi connectivity index (χ1n) is 10.6. The van der Waals surface area contributed by atoms with E-state index in [1.54, 1.807) is 17.6 Å². The first-order chi connectivity index (χ1) is 14.6. The highest BCUT2D eigenvalue weighted by atomic mass is 35.5. The predicted molar refractivity (Wildman–Crippen MR) is 133 cm³/mol. The van der Waals surface area contributed by atoms with Crippen molar-refractivity contribution >= 4 is 51.4 Å². The zero-order valence-corrected chi connectivity index (χ0v) is 19.5. The topological polar surface area (TPSA) is 74.5 Å². The highest BCUT2D eigenvalue weighted by Crippen LogP contribution is 2.29. The van der Waals surface area contributed by atoms with E-state index in [4.69, 9.17) is 5.73 Å². The Labute approximate surface area is 194 Å². The molecule has 8 heteroatoms. The van der Waals surface area contributed by atoms with Crippen LogP contribution in [0, 0.1) is 6.92 Å². The maximum absolute atomic E-state index is 12.3. The summed E-state index contributed by atoms with van der Waals surface area (Å²) in [6, 6.07) is 14.0. The lowest BCUT2D eigenvalue weighted by molar-refractivity contribution is 0.0953. The fourth-order valence-electron chi connectivity index (χ4n) is 3.92. The first-order valence-corrected chi connectivity index (χ1v) is 11.4. The number of halogens is 1. The summed E-state index contributed by atoms with van der Waals surface area (Å²) < 4.78 is 5.94. The average molecular weight is 460 g/mol. The van der Waals surface area contributed by atoms with Crippen LogP contribution in [0.3, 0.4) is 0 Å². The number of unbranched alkanes of at least 4 members (excludes halogenated alkanes) is 1. The molecule has 31 heavy (non-hydrogen) atoms. The molecule has 166 valence electrons. The quantitative estimate of drug-likeness (QED) is 0.413. The van der Waals surface area contributed by atoms with Crippen molar-refractivity contribution in [3.8, 4) is 0 Å². The van der Waals surface area contributed by atoms with Gasteiger partial charge in [0, 0.05) is 43.8 Å². The summed E-state index contributed by atoms with van der Waals surface area (Å²) in [5.74, 6) is 1.05. The lowest BCUT2D eigenvalue weighted by Gasteiger charge is -2.35. The van der Waals surface area contributed by atoms with Crippen LogP contribution in [0.5, 0.6) is 0 Å². The number of nitrogens with one attached hydrogen (secondary N) is 1. The molecule has 2 heterocycles. The molecular formula is C23H30ClN5OS. The predicted octanol–water partition coefficient (Wildman–Crippen LogP) is 3.94. The number of piperazine rings is 1. The van der Waals surface area contributed by atoms with Crippen LogP contribution >= 0.6 is 23.9 Å². The fourth-order valence-corrected chi connectivity index (χ4v) is 4.72. The Morgan fingerprint density at radius 3 is 2.68 bits per heavy atom. The molecule has 1 aliphatic rings. The van der Waals surface area contributed by atoms with Crippen molar-refractivity contribution in [3.63, 3.8) is 0 Å². The number of carbonyl (C=O) groups is 1. The number of hydrogen-bond acceptors (Lipinski definition) is 6. The molecule has 2 aromatic carbocycles. The number of hydrogen-bond donors (Lipinski definition) is 2. The number of nitrogens with two attached hydrogens (primary N) is 1. The normalized spacial score (nSPS) is 14.4. The van der Waals surface area contributed by atoms with Crippen LogP contribution in [0.4, 0.5) is 11.5 Å². The van der Waals surface area contributed by atoms with Crippen LogP contribution in [0.15, 0.2) is 42.5 Å². The van der Waals surface area contributed by atoms with Crippen molar-refractivity contribution < 1.29 is 4.79 Å². The Bertz CT molecular complexity index is 1020. The number of aromatic nitrogens is 1. The van der Waals surface area contributed by atoms with Crippen molar-refractivity contribution in [1.82, 2.24) is 14.6 Å². The molecule has 1 amide bonds. The number of rotatable bonds is 7. The molecule has 1 aromatic heterocycles. The maximum Gasteiger partial charge on any atom is 0.253 e. The number of fused-ring (bicyclic) bond motifs is 1. The molecule has 0 saturated carbocycles. The van der Waals surface area contributed by atoms with Crippen LogP contribution in [0.25, 0.3) is 10.1 Å². The van der Waals surface area contributed by atoms with E-state index in [1.165, 1.54) is 10.1 Å². The van der Waals surface area contributed by atoms with Gasteiger partial charge in [-0.15, -0.1) is 12.4 Å². The number of benzene rings is 2. The van der Waals surface area contributed by atoms with E-state index in [-0.39, 0.29) is 18.3 Å². The van der Waals surface area contributed by atoms with E-state index in [9.17, 15) is 4.79 Å². The van der Waals surface area contributed by atoms with Crippen molar-refractivity contribution in [2.75, 3.05) is 49.9 Å². The van der Waals surface area contributed by atoms with Gasteiger partial charge in [0.1, 0.15) is 5.82 Å². The molecule has 3 aromatic rings. The zero-order chi connectivity index (χ0) is 20.9. The van der Waals surface area contributed by atoms with Gasteiger partial charge in [0.2, 0.25) is 0 Å². The van der Waals surface area contributed by atoms with Gasteiger partial charge in [0.15, 0.2) is 0 Å². The minimum atomic E-state index is -0.0831. The molecule has 3 N–H and O–H groups in total. The van der Waals surface area contributed by atoms with Crippen molar-refractivity contribution in [2.45, 2.75) is 19.8 Å². The van der Waals surface area contributed by atoms with Gasteiger partial charge < -0.3 is 16.0 Å². The van der Waals surface area contributed by atoms with Crippen LogP contribution in [0.1, 0.15) is 28.8 Å². The molecule has 1 saturated heterocycles. The third-order valence-corrected chi connectivity index (χ3v) is 6.60. The molecule has 6 nitrogen and oxygen atoms in total. The third-order valence-electron chi connectivity index (χ3n) is 5.79. The molecule has 0 atom stereocenters. The number of carbonyl (C=O) groups excluding carboxylic acids is 1. The largest absolute Gasteiger partial charge is 0.398 e. The molecule has 0 aliphatic carbocycles. The van der Waals surface area contributed by atoms with Gasteiger partial charge in [-0.2, -0.15) is 4.37 Å². The maximum atomic E-state index is 12.3. The smallest absolute Gasteiger partial charge is 0.253 e. The number of aryl methyl sites for hydroxylation is 1. The highest BCUT2D eigenvalue weighted by Gasteiger charge is 2.20. The van der Waals surface area contributed by atoms with Gasteiger partial charge in [-0.3, -0.25) is 9.69 Å². The molecule has 1 aliphatic heterocycles. The first kappa shape index (κ1) is 23.3. The van der Waals surface area contributed by atoms with Crippen molar-refractivity contribution in [1.29, 1.82) is 0 Å². The van der Waals surface area contributed by atoms with Crippen LogP contribution < -0.4 is 16.0 Å². The fraction of sp³-hybridized carbons (Fsp3) is 0.391. The summed E-state index contributed by atoms with van der Waals surface area (Å²) in [5.41, 5.74) is 8.09. The van der Waals surface area contributed by atoms with Crippen molar-refractivity contribution in [3.05, 3.63) is 53.6 Å².